The van der Waals surface area contributed by atoms with Gasteiger partial charge in [0.15, 0.2) is 0 Å². The molecule has 1 rings (SSSR count). The third kappa shape index (κ3) is 11.1. The molecule has 0 aliphatic carbocycles. The van der Waals surface area contributed by atoms with E-state index < -0.39 is 0 Å². The summed E-state index contributed by atoms with van der Waals surface area (Å²) in [4.78, 5) is 0. The van der Waals surface area contributed by atoms with Crippen molar-refractivity contribution in [2.45, 2.75) is 33.6 Å². The first-order valence-corrected chi connectivity index (χ1v) is 8.12. The van der Waals surface area contributed by atoms with Crippen molar-refractivity contribution in [1.29, 1.82) is 0 Å². The minimum Gasteiger partial charge on any atom is -0.396 e. The molecule has 0 spiro atoms. The van der Waals surface area contributed by atoms with Crippen LogP contribution in [0, 0.1) is 6.20 Å². The summed E-state index contributed by atoms with van der Waals surface area (Å²) in [6.45, 7) is 7.12. The number of nitrogens with zero attached hydrogens (tertiary/aromatic N) is 2. The fourth-order valence-electron chi connectivity index (χ4n) is 1.31. The summed E-state index contributed by atoms with van der Waals surface area (Å²) in [5.41, 5.74) is 0.851. The minimum atomic E-state index is 0. The molecule has 0 radical (unpaired) electrons. The van der Waals surface area contributed by atoms with E-state index in [1.165, 1.54) is 18.5 Å². The fraction of sp³-hybridized carbons (Fsp3) is 0.818. The van der Waals surface area contributed by atoms with E-state index in [9.17, 15) is 0 Å². The van der Waals surface area contributed by atoms with Crippen LogP contribution >= 0.6 is 7.92 Å². The maximum Gasteiger partial charge on any atom is 1.00 e. The first kappa shape index (κ1) is 19.6. The van der Waals surface area contributed by atoms with Crippen LogP contribution in [0.1, 0.15) is 32.9 Å². The van der Waals surface area contributed by atoms with Crippen molar-refractivity contribution in [3.63, 3.8) is 0 Å². The maximum atomic E-state index is 8.40. The zero-order valence-corrected chi connectivity index (χ0v) is 14.1. The fourth-order valence-corrected chi connectivity index (χ4v) is 2.81. The van der Waals surface area contributed by atoms with Gasteiger partial charge in [-0.1, -0.05) is 0 Å². The number of H-pyrrole nitrogens is 1. The Morgan fingerprint density at radius 1 is 1.24 bits per heavy atom. The van der Waals surface area contributed by atoms with Gasteiger partial charge in [0, 0.05) is 6.61 Å². The van der Waals surface area contributed by atoms with Gasteiger partial charge in [0.25, 0.3) is 0 Å². The van der Waals surface area contributed by atoms with Crippen LogP contribution in [0.5, 0.6) is 0 Å². The van der Waals surface area contributed by atoms with Gasteiger partial charge in [-0.15, -0.1) is 10.9 Å². The molecular formula is C11H24AuN3OP+. The molecule has 0 saturated heterocycles. The molecule has 0 atom stereocenters. The van der Waals surface area contributed by atoms with Crippen LogP contribution in [0.15, 0.2) is 0 Å². The van der Waals surface area contributed by atoms with E-state index in [-0.39, 0.29) is 36.9 Å². The molecule has 1 heterocycles. The number of hydrogen-bond donors (Lipinski definition) is 2. The number of rotatable bonds is 6. The molecule has 17 heavy (non-hydrogen) atoms. The maximum absolute atomic E-state index is 8.40. The molecule has 4 nitrogen and oxygen atoms in total. The standard InChI is InChI=1S/C6H15P.C5H8N3O.Au/c1-4-7(5-2)6-3;9-3-1-2-5-4-6-8-7-5;/h4-6H2,1-3H3;9H,1-3H2,(H,6,7,8);/q;-1;+1/p+1. The van der Waals surface area contributed by atoms with Crippen molar-refractivity contribution in [3.05, 3.63) is 11.9 Å². The van der Waals surface area contributed by atoms with Gasteiger partial charge in [-0.25, -0.2) is 0 Å². The third-order valence-corrected chi connectivity index (χ3v) is 5.50. The summed E-state index contributed by atoms with van der Waals surface area (Å²) in [6, 6.07) is 0. The van der Waals surface area contributed by atoms with E-state index in [1.54, 1.807) is 0 Å². The van der Waals surface area contributed by atoms with Crippen LogP contribution in [0.4, 0.5) is 0 Å². The molecule has 1 aromatic heterocycles. The molecule has 1 aromatic rings. The second-order valence-corrected chi connectivity index (χ2v) is 7.16. The van der Waals surface area contributed by atoms with E-state index in [4.69, 9.17) is 5.11 Å². The van der Waals surface area contributed by atoms with E-state index in [1.807, 2.05) is 0 Å². The first-order chi connectivity index (χ1) is 7.78. The van der Waals surface area contributed by atoms with Gasteiger partial charge in [0.2, 0.25) is 0 Å². The predicted molar refractivity (Wildman–Crippen MR) is 70.6 cm³/mol. The van der Waals surface area contributed by atoms with Crippen molar-refractivity contribution in [2.24, 2.45) is 0 Å². The van der Waals surface area contributed by atoms with Gasteiger partial charge in [-0.05, 0) is 41.5 Å². The van der Waals surface area contributed by atoms with Gasteiger partial charge in [0.05, 0.1) is 18.5 Å². The third-order valence-electron chi connectivity index (χ3n) is 2.50. The summed E-state index contributed by atoms with van der Waals surface area (Å²) in [5, 5.41) is 18.0. The Morgan fingerprint density at radius 3 is 2.12 bits per heavy atom. The molecule has 0 bridgehead atoms. The summed E-state index contributed by atoms with van der Waals surface area (Å²) >= 11 is 0. The molecule has 0 saturated carbocycles. The molecule has 0 amide bonds. The van der Waals surface area contributed by atoms with Crippen LogP contribution in [-0.2, 0) is 28.8 Å². The van der Waals surface area contributed by atoms with E-state index in [2.05, 4.69) is 42.4 Å². The molecular weight excluding hydrogens is 418 g/mol. The van der Waals surface area contributed by atoms with Crippen molar-refractivity contribution in [3.8, 4) is 0 Å². The largest absolute Gasteiger partial charge is 1.00 e. The number of aliphatic hydroxyl groups is 1. The summed E-state index contributed by atoms with van der Waals surface area (Å²) < 4.78 is 0. The van der Waals surface area contributed by atoms with E-state index in [0.29, 0.717) is 0 Å². The minimum absolute atomic E-state index is 0. The van der Waals surface area contributed by atoms with Crippen LogP contribution in [-0.4, -0.2) is 45.6 Å². The Morgan fingerprint density at radius 2 is 1.82 bits per heavy atom. The number of aryl methyl sites for hydroxylation is 1. The number of aromatic nitrogens is 3. The molecule has 0 aliphatic heterocycles. The number of aromatic amines is 1. The zero-order chi connectivity index (χ0) is 12.2. The Labute approximate surface area is 121 Å². The van der Waals surface area contributed by atoms with Crippen molar-refractivity contribution < 1.29 is 27.5 Å². The van der Waals surface area contributed by atoms with Crippen molar-refractivity contribution in [1.82, 2.24) is 15.4 Å². The monoisotopic (exact) mass is 442 g/mol. The molecule has 104 valence electrons. The SMILES string of the molecule is CC[PH+](CC)CC.OCCCc1[c-]nn[nH]1.[Au+]. The Balaban J connectivity index is 0. The van der Waals surface area contributed by atoms with Crippen molar-refractivity contribution >= 4 is 7.92 Å². The van der Waals surface area contributed by atoms with Crippen LogP contribution < -0.4 is 0 Å². The zero-order valence-electron chi connectivity index (χ0n) is 10.9. The summed E-state index contributed by atoms with van der Waals surface area (Å²) in [6.07, 6.45) is 8.52. The normalized spacial score (nSPS) is 9.47. The molecule has 0 aliphatic rings. The van der Waals surface area contributed by atoms with Gasteiger partial charge in [0.1, 0.15) is 0 Å². The molecule has 6 heteroatoms. The van der Waals surface area contributed by atoms with Gasteiger partial charge >= 0.3 is 22.4 Å². The average Bonchev–Trinajstić information content (AvgIpc) is 2.82. The molecule has 2 N–H and O–H groups in total. The van der Waals surface area contributed by atoms with E-state index >= 15 is 0 Å². The average molecular weight is 442 g/mol. The predicted octanol–water partition coefficient (Wildman–Crippen LogP) is 1.79. The molecule has 0 fully saturated rings. The topological polar surface area (TPSA) is 61.8 Å². The van der Waals surface area contributed by atoms with Gasteiger partial charge in [-0.3, -0.25) is 0 Å². The Hall–Kier alpha value is 0.270. The number of hydrogen-bond acceptors (Lipinski definition) is 3. The Kier molecular flexibility index (Phi) is 16.5. The van der Waals surface area contributed by atoms with Crippen molar-refractivity contribution in [2.75, 3.05) is 25.1 Å². The van der Waals surface area contributed by atoms with Crippen LogP contribution in [0.3, 0.4) is 0 Å². The Bertz CT molecular complexity index is 225. The number of aliphatic hydroxyl groups excluding tert-OH is 1. The smallest absolute Gasteiger partial charge is 0.396 e. The van der Waals surface area contributed by atoms with Crippen LogP contribution in [0.2, 0.25) is 0 Å². The summed E-state index contributed by atoms with van der Waals surface area (Å²) in [7, 11) is 0.137. The van der Waals surface area contributed by atoms with E-state index in [0.717, 1.165) is 18.5 Å². The summed E-state index contributed by atoms with van der Waals surface area (Å²) in [5.74, 6) is 0. The number of nitrogens with one attached hydrogen (secondary N) is 1. The first-order valence-electron chi connectivity index (χ1n) is 6.00. The quantitative estimate of drug-likeness (QED) is 0.401. The van der Waals surface area contributed by atoms with Gasteiger partial charge < -0.3 is 21.5 Å². The van der Waals surface area contributed by atoms with Crippen LogP contribution in [0.25, 0.3) is 0 Å². The molecule has 0 unspecified atom stereocenters. The second kappa shape index (κ2) is 14.3. The van der Waals surface area contributed by atoms with Gasteiger partial charge in [-0.2, -0.15) is 0 Å². The molecule has 0 aromatic carbocycles. The second-order valence-electron chi connectivity index (χ2n) is 3.54.